The number of carbonyl (C=O) groups is 2. The van der Waals surface area contributed by atoms with Crippen molar-refractivity contribution < 1.29 is 63.0 Å². The van der Waals surface area contributed by atoms with Crippen molar-refractivity contribution in [3.63, 3.8) is 0 Å². The zero-order chi connectivity index (χ0) is 45.4. The van der Waals surface area contributed by atoms with Gasteiger partial charge in [-0.15, -0.1) is 0 Å². The van der Waals surface area contributed by atoms with E-state index in [4.69, 9.17) is 0 Å². The van der Waals surface area contributed by atoms with Crippen LogP contribution in [-0.4, -0.2) is 75.9 Å². The van der Waals surface area contributed by atoms with Gasteiger partial charge < -0.3 is 10.2 Å². The molecule has 0 aromatic heterocycles. The second kappa shape index (κ2) is 20.2. The van der Waals surface area contributed by atoms with Gasteiger partial charge in [-0.3, -0.25) is 20.2 Å². The van der Waals surface area contributed by atoms with Crippen molar-refractivity contribution in [1.82, 2.24) is 10.6 Å². The van der Waals surface area contributed by atoms with Crippen LogP contribution in [-0.2, 0) is 29.3 Å². The number of alkyl halides is 6. The molecule has 4 aromatic rings. The standard InChI is InChI=1S/2C21H24F3NO4S/c2*1-13(2)12-18(20(26)27)25-19(21(22,23)24)16-6-4-14(5-7-16)15-8-10-17(11-9-15)30(3,28)29/h2*4-11,13,18-19,25H,12H2,1-3H3,(H,26,27)/t18-,19+;18-,19-/m00/s1. The van der Waals surface area contributed by atoms with E-state index < -0.39 is 68.1 Å². The second-order valence-electron chi connectivity index (χ2n) is 15.2. The molecule has 18 heteroatoms. The van der Waals surface area contributed by atoms with Crippen LogP contribution in [0.15, 0.2) is 107 Å². The van der Waals surface area contributed by atoms with Crippen molar-refractivity contribution in [1.29, 1.82) is 0 Å². The Balaban J connectivity index is 0.000000320. The minimum absolute atomic E-state index is 0.0622. The third-order valence-corrected chi connectivity index (χ3v) is 11.4. The Labute approximate surface area is 345 Å². The highest BCUT2D eigenvalue weighted by Crippen LogP contribution is 2.36. The first-order valence-electron chi connectivity index (χ1n) is 18.5. The predicted octanol–water partition coefficient (Wildman–Crippen LogP) is 8.90. The lowest BCUT2D eigenvalue weighted by atomic mass is 9.98. The molecule has 0 saturated carbocycles. The van der Waals surface area contributed by atoms with E-state index in [2.05, 4.69) is 10.6 Å². The van der Waals surface area contributed by atoms with Crippen molar-refractivity contribution in [2.24, 2.45) is 11.8 Å². The Morgan fingerprint density at radius 3 is 0.917 bits per heavy atom. The molecule has 60 heavy (non-hydrogen) atoms. The van der Waals surface area contributed by atoms with Crippen LogP contribution >= 0.6 is 0 Å². The smallest absolute Gasteiger partial charge is 0.407 e. The summed E-state index contributed by atoms with van der Waals surface area (Å²) < 4.78 is 128. The number of nitrogens with one attached hydrogen (secondary N) is 2. The van der Waals surface area contributed by atoms with E-state index in [9.17, 15) is 63.0 Å². The van der Waals surface area contributed by atoms with Crippen LogP contribution in [0.3, 0.4) is 0 Å². The number of carboxylic acids is 2. The highest BCUT2D eigenvalue weighted by molar-refractivity contribution is 7.91. The van der Waals surface area contributed by atoms with Crippen LogP contribution < -0.4 is 10.6 Å². The number of carboxylic acid groups (broad SMARTS) is 2. The summed E-state index contributed by atoms with van der Waals surface area (Å²) in [5.74, 6) is -2.85. The van der Waals surface area contributed by atoms with E-state index in [1.807, 2.05) is 0 Å². The third kappa shape index (κ3) is 14.7. The Bertz CT molecular complexity index is 2100. The number of aliphatic carboxylic acids is 2. The number of benzene rings is 4. The first-order chi connectivity index (χ1) is 27.6. The monoisotopic (exact) mass is 886 g/mol. The molecule has 0 fully saturated rings. The maximum atomic E-state index is 13.6. The average Bonchev–Trinajstić information content (AvgIpc) is 3.13. The largest absolute Gasteiger partial charge is 0.480 e. The highest BCUT2D eigenvalue weighted by Gasteiger charge is 2.44. The molecular formula is C42H48F6N2O8S2. The van der Waals surface area contributed by atoms with Gasteiger partial charge in [0, 0.05) is 12.5 Å². The van der Waals surface area contributed by atoms with Crippen LogP contribution in [0.2, 0.25) is 0 Å². The van der Waals surface area contributed by atoms with Gasteiger partial charge >= 0.3 is 24.3 Å². The molecule has 0 heterocycles. The van der Waals surface area contributed by atoms with Crippen molar-refractivity contribution in [3.8, 4) is 22.3 Å². The van der Waals surface area contributed by atoms with Gasteiger partial charge in [-0.1, -0.05) is 100 Å². The number of halogens is 6. The van der Waals surface area contributed by atoms with Crippen molar-refractivity contribution in [3.05, 3.63) is 108 Å². The normalized spacial score (nSPS) is 14.5. The first-order valence-corrected chi connectivity index (χ1v) is 22.3. The SMILES string of the molecule is CC(C)C[C@H](N[C@@H](c1ccc(-c2ccc(S(C)(=O)=O)cc2)cc1)C(F)(F)F)C(=O)O.CC(C)C[C@H](N[C@H](c1ccc(-c2ccc(S(C)(=O)=O)cc2)cc1)C(F)(F)F)C(=O)O. The fraction of sp³-hybridized carbons (Fsp3) is 0.381. The van der Waals surface area contributed by atoms with E-state index in [1.54, 1.807) is 52.0 Å². The Morgan fingerprint density at radius 2 is 0.733 bits per heavy atom. The lowest BCUT2D eigenvalue weighted by molar-refractivity contribution is -0.165. The van der Waals surface area contributed by atoms with E-state index in [1.165, 1.54) is 72.8 Å². The number of rotatable bonds is 16. The molecule has 10 nitrogen and oxygen atoms in total. The molecule has 0 bridgehead atoms. The molecule has 0 aliphatic heterocycles. The molecule has 0 amide bonds. The summed E-state index contributed by atoms with van der Waals surface area (Å²) in [6.07, 6.45) is -7.05. The second-order valence-corrected chi connectivity index (χ2v) is 19.2. The van der Waals surface area contributed by atoms with E-state index in [0.717, 1.165) is 12.5 Å². The molecule has 4 rings (SSSR count). The number of sulfone groups is 2. The van der Waals surface area contributed by atoms with Crippen LogP contribution in [0.5, 0.6) is 0 Å². The summed E-state index contributed by atoms with van der Waals surface area (Å²) in [6.45, 7) is 6.96. The Hall–Kier alpha value is -4.78. The molecule has 0 aliphatic rings. The van der Waals surface area contributed by atoms with E-state index in [-0.39, 0.29) is 45.6 Å². The summed E-state index contributed by atoms with van der Waals surface area (Å²) in [4.78, 5) is 23.1. The molecule has 4 aromatic carbocycles. The van der Waals surface area contributed by atoms with Crippen molar-refractivity contribution in [2.45, 2.75) is 86.8 Å². The van der Waals surface area contributed by atoms with Gasteiger partial charge in [-0.05, 0) is 82.3 Å². The zero-order valence-electron chi connectivity index (χ0n) is 33.5. The van der Waals surface area contributed by atoms with Crippen molar-refractivity contribution >= 4 is 31.6 Å². The summed E-state index contributed by atoms with van der Waals surface area (Å²) >= 11 is 0. The number of hydrogen-bond acceptors (Lipinski definition) is 8. The molecule has 0 saturated heterocycles. The topological polar surface area (TPSA) is 167 Å². The van der Waals surface area contributed by atoms with E-state index >= 15 is 0 Å². The first kappa shape index (κ1) is 49.6. The van der Waals surface area contributed by atoms with Gasteiger partial charge in [0.1, 0.15) is 24.2 Å². The molecule has 4 N–H and O–H groups in total. The molecule has 0 spiro atoms. The summed E-state index contributed by atoms with van der Waals surface area (Å²) in [6, 6.07) is 16.2. The number of hydrogen-bond donors (Lipinski definition) is 4. The summed E-state index contributed by atoms with van der Waals surface area (Å²) in [7, 11) is -6.69. The van der Waals surface area contributed by atoms with Gasteiger partial charge in [0.25, 0.3) is 0 Å². The van der Waals surface area contributed by atoms with Crippen LogP contribution in [0, 0.1) is 11.8 Å². The maximum Gasteiger partial charge on any atom is 0.407 e. The van der Waals surface area contributed by atoms with Gasteiger partial charge in [-0.25, -0.2) is 16.8 Å². The Morgan fingerprint density at radius 1 is 0.500 bits per heavy atom. The Kier molecular flexibility index (Phi) is 16.7. The molecule has 0 radical (unpaired) electrons. The van der Waals surface area contributed by atoms with E-state index in [0.29, 0.717) is 22.3 Å². The lowest BCUT2D eigenvalue weighted by Crippen LogP contribution is -2.45. The van der Waals surface area contributed by atoms with Gasteiger partial charge in [-0.2, -0.15) is 26.3 Å². The lowest BCUT2D eigenvalue weighted by Gasteiger charge is -2.27. The van der Waals surface area contributed by atoms with Gasteiger partial charge in [0.05, 0.1) is 9.79 Å². The molecule has 0 aliphatic carbocycles. The average molecular weight is 887 g/mol. The molecular weight excluding hydrogens is 839 g/mol. The fourth-order valence-electron chi connectivity index (χ4n) is 6.11. The molecule has 4 atom stereocenters. The summed E-state index contributed by atoms with van der Waals surface area (Å²) in [5, 5.41) is 23.0. The summed E-state index contributed by atoms with van der Waals surface area (Å²) in [5.41, 5.74) is 2.30. The zero-order valence-corrected chi connectivity index (χ0v) is 35.2. The minimum Gasteiger partial charge on any atom is -0.480 e. The molecule has 328 valence electrons. The third-order valence-electron chi connectivity index (χ3n) is 9.12. The van der Waals surface area contributed by atoms with Crippen molar-refractivity contribution in [2.75, 3.05) is 12.5 Å². The fourth-order valence-corrected chi connectivity index (χ4v) is 7.37. The predicted molar refractivity (Wildman–Crippen MR) is 216 cm³/mol. The van der Waals surface area contributed by atoms with Crippen LogP contribution in [0.1, 0.15) is 63.7 Å². The van der Waals surface area contributed by atoms with Crippen LogP contribution in [0.25, 0.3) is 22.3 Å². The van der Waals surface area contributed by atoms with Gasteiger partial charge in [0.15, 0.2) is 19.7 Å². The minimum atomic E-state index is -4.68. The highest BCUT2D eigenvalue weighted by atomic mass is 32.2. The molecule has 0 unspecified atom stereocenters. The quantitative estimate of drug-likeness (QED) is 0.0799. The van der Waals surface area contributed by atoms with Crippen LogP contribution in [0.4, 0.5) is 26.3 Å². The van der Waals surface area contributed by atoms with Gasteiger partial charge in [0.2, 0.25) is 0 Å². The maximum absolute atomic E-state index is 13.6.